The summed E-state index contributed by atoms with van der Waals surface area (Å²) < 4.78 is 24.4. The Labute approximate surface area is 174 Å². The highest BCUT2D eigenvalue weighted by atomic mass is 35.5. The van der Waals surface area contributed by atoms with E-state index in [1.165, 1.54) is 7.05 Å². The second-order valence-corrected chi connectivity index (χ2v) is 9.40. The fourth-order valence-electron chi connectivity index (χ4n) is 2.89. The van der Waals surface area contributed by atoms with Crippen LogP contribution >= 0.6 is 11.6 Å². The number of phenolic OH excluding ortho intramolecular Hbond substituents is 1. The summed E-state index contributed by atoms with van der Waals surface area (Å²) in [4.78, 5) is 12.4. The largest absolute Gasteiger partial charge is 0.506 e. The van der Waals surface area contributed by atoms with E-state index in [2.05, 4.69) is 15.8 Å². The molecule has 0 fully saturated rings. The quantitative estimate of drug-likeness (QED) is 0.491. The molecule has 154 valence electrons. The molecule has 0 atom stereocenters. The molecule has 0 aromatic heterocycles. The average molecular weight is 437 g/mol. The number of aromatic hydroxyl groups is 1. The molecule has 0 saturated heterocycles. The minimum Gasteiger partial charge on any atom is -0.506 e. The van der Waals surface area contributed by atoms with Crippen LogP contribution in [0.5, 0.6) is 5.75 Å². The van der Waals surface area contributed by atoms with E-state index in [1.807, 2.05) is 13.8 Å². The van der Waals surface area contributed by atoms with Crippen molar-refractivity contribution in [1.82, 2.24) is 0 Å². The summed E-state index contributed by atoms with van der Waals surface area (Å²) in [5.74, 6) is -0.488. The lowest BCUT2D eigenvalue weighted by Gasteiger charge is -2.16. The molecule has 0 aliphatic carbocycles. The Kier molecular flexibility index (Phi) is 5.46. The zero-order chi connectivity index (χ0) is 21.5. The molecule has 0 saturated carbocycles. The van der Waals surface area contributed by atoms with Crippen LogP contribution in [0.3, 0.4) is 0 Å². The van der Waals surface area contributed by atoms with Crippen LogP contribution in [0.25, 0.3) is 0 Å². The van der Waals surface area contributed by atoms with Gasteiger partial charge in [0.05, 0.1) is 33.9 Å². The Morgan fingerprint density at radius 1 is 1.24 bits per heavy atom. The third kappa shape index (κ3) is 4.01. The van der Waals surface area contributed by atoms with Gasteiger partial charge in [-0.05, 0) is 36.2 Å². The van der Waals surface area contributed by atoms with E-state index >= 15 is 0 Å². The highest BCUT2D eigenvalue weighted by Crippen LogP contribution is 2.42. The smallest absolute Gasteiger partial charge is 0.276 e. The lowest BCUT2D eigenvalue weighted by atomic mass is 9.98. The van der Waals surface area contributed by atoms with E-state index in [0.29, 0.717) is 28.2 Å². The number of nitrogens with zero attached hydrogens (tertiary/aromatic N) is 2. The van der Waals surface area contributed by atoms with Gasteiger partial charge in [-0.15, -0.1) is 0 Å². The number of phenols is 1. The number of hydrazone groups is 1. The molecule has 3 N–H and O–H groups in total. The minimum absolute atomic E-state index is 0.0254. The number of carbonyl (C=O) groups is 1. The van der Waals surface area contributed by atoms with Gasteiger partial charge in [0, 0.05) is 12.6 Å². The maximum absolute atomic E-state index is 12.4. The number of rotatable bonds is 5. The lowest BCUT2D eigenvalue weighted by molar-refractivity contribution is -0.110. The van der Waals surface area contributed by atoms with Gasteiger partial charge in [0.15, 0.2) is 5.71 Å². The number of anilines is 3. The molecule has 2 aromatic carbocycles. The number of sulfonamides is 1. The average Bonchev–Trinajstić information content (AvgIpc) is 2.97. The fraction of sp³-hybridized carbons (Fsp3) is 0.263. The normalized spacial score (nSPS) is 14.8. The molecule has 2 aromatic rings. The Hall–Kier alpha value is -2.78. The third-order valence-electron chi connectivity index (χ3n) is 4.62. The van der Waals surface area contributed by atoms with Crippen molar-refractivity contribution < 1.29 is 18.3 Å². The lowest BCUT2D eigenvalue weighted by Crippen LogP contribution is -2.24. The van der Waals surface area contributed by atoms with Crippen molar-refractivity contribution in [2.45, 2.75) is 19.8 Å². The summed E-state index contributed by atoms with van der Waals surface area (Å²) in [5, 5.41) is 17.3. The zero-order valence-electron chi connectivity index (χ0n) is 16.3. The summed E-state index contributed by atoms with van der Waals surface area (Å²) in [6.45, 7) is 3.83. The molecule has 29 heavy (non-hydrogen) atoms. The van der Waals surface area contributed by atoms with Crippen LogP contribution < -0.4 is 15.0 Å². The topological polar surface area (TPSA) is 111 Å². The van der Waals surface area contributed by atoms with E-state index in [-0.39, 0.29) is 22.4 Å². The Morgan fingerprint density at radius 3 is 2.41 bits per heavy atom. The fourth-order valence-corrected chi connectivity index (χ4v) is 3.69. The van der Waals surface area contributed by atoms with Gasteiger partial charge in [-0.2, -0.15) is 5.10 Å². The molecule has 1 amide bonds. The van der Waals surface area contributed by atoms with Gasteiger partial charge < -0.3 is 10.4 Å². The molecule has 1 heterocycles. The highest BCUT2D eigenvalue weighted by Gasteiger charge is 2.32. The monoisotopic (exact) mass is 436 g/mol. The van der Waals surface area contributed by atoms with Crippen LogP contribution in [-0.2, 0) is 14.8 Å². The van der Waals surface area contributed by atoms with Crippen molar-refractivity contribution in [1.29, 1.82) is 0 Å². The highest BCUT2D eigenvalue weighted by molar-refractivity contribution is 7.92. The van der Waals surface area contributed by atoms with Gasteiger partial charge in [0.1, 0.15) is 5.75 Å². The molecule has 1 aliphatic rings. The number of carbonyl (C=O) groups excluding carboxylic acids is 1. The van der Waals surface area contributed by atoms with Gasteiger partial charge in [-0.1, -0.05) is 25.4 Å². The Morgan fingerprint density at radius 2 is 1.86 bits per heavy atom. The number of hydrogen-bond acceptors (Lipinski definition) is 6. The van der Waals surface area contributed by atoms with Gasteiger partial charge >= 0.3 is 0 Å². The molecule has 0 bridgehead atoms. The van der Waals surface area contributed by atoms with E-state index in [4.69, 9.17) is 11.6 Å². The van der Waals surface area contributed by atoms with E-state index in [9.17, 15) is 18.3 Å². The van der Waals surface area contributed by atoms with Crippen LogP contribution in [0, 0.1) is 0 Å². The summed E-state index contributed by atoms with van der Waals surface area (Å²) in [6.07, 6.45) is 1.12. The maximum atomic E-state index is 12.4. The van der Waals surface area contributed by atoms with Crippen molar-refractivity contribution in [2.75, 3.05) is 28.4 Å². The first-order valence-electron chi connectivity index (χ1n) is 8.75. The van der Waals surface area contributed by atoms with Crippen molar-refractivity contribution in [2.24, 2.45) is 5.10 Å². The number of hydrogen-bond donors (Lipinski definition) is 3. The zero-order valence-corrected chi connectivity index (χ0v) is 17.9. The van der Waals surface area contributed by atoms with E-state index in [1.54, 1.807) is 30.3 Å². The second kappa shape index (κ2) is 7.57. The van der Waals surface area contributed by atoms with Crippen LogP contribution in [0.4, 0.5) is 17.1 Å². The first kappa shape index (κ1) is 20.9. The van der Waals surface area contributed by atoms with Gasteiger partial charge in [-0.3, -0.25) is 14.5 Å². The standard InChI is InChI=1S/C19H21ClN4O4S/c1-10(2)13-9-14-15(16(20)18(13)25)17(19(26)21-14)23-22-11-5-7-12(8-6-11)24(3)29(4,27)28/h5-10,22,25H,1-4H3,(H,21,23,26). The first-order chi connectivity index (χ1) is 13.5. The summed E-state index contributed by atoms with van der Waals surface area (Å²) >= 11 is 6.31. The molecule has 0 spiro atoms. The molecule has 0 radical (unpaired) electrons. The second-order valence-electron chi connectivity index (χ2n) is 7.01. The van der Waals surface area contributed by atoms with Crippen LogP contribution in [0.1, 0.15) is 30.9 Å². The van der Waals surface area contributed by atoms with Crippen molar-refractivity contribution in [3.63, 3.8) is 0 Å². The van der Waals surface area contributed by atoms with Crippen LogP contribution in [0.15, 0.2) is 35.4 Å². The minimum atomic E-state index is -3.36. The van der Waals surface area contributed by atoms with Crippen LogP contribution in [-0.4, -0.2) is 38.4 Å². The van der Waals surface area contributed by atoms with E-state index < -0.39 is 15.9 Å². The number of amides is 1. The van der Waals surface area contributed by atoms with Crippen molar-refractivity contribution in [3.05, 3.63) is 46.5 Å². The van der Waals surface area contributed by atoms with Gasteiger partial charge in [-0.25, -0.2) is 8.42 Å². The first-order valence-corrected chi connectivity index (χ1v) is 11.0. The Bertz CT molecular complexity index is 1110. The molecular weight excluding hydrogens is 416 g/mol. The maximum Gasteiger partial charge on any atom is 0.276 e. The van der Waals surface area contributed by atoms with E-state index in [0.717, 1.165) is 10.6 Å². The SMILES string of the molecule is CC(C)c1cc2c(c(Cl)c1O)/C(=N/Nc1ccc(N(C)S(C)(=O)=O)cc1)C(=O)N2. The third-order valence-corrected chi connectivity index (χ3v) is 6.19. The predicted octanol–water partition coefficient (Wildman–Crippen LogP) is 3.33. The van der Waals surface area contributed by atoms with Crippen molar-refractivity contribution >= 4 is 50.3 Å². The predicted molar refractivity (Wildman–Crippen MR) is 116 cm³/mol. The number of nitrogens with one attached hydrogen (secondary N) is 2. The summed E-state index contributed by atoms with van der Waals surface area (Å²) in [6, 6.07) is 8.18. The molecular formula is C19H21ClN4O4S. The molecule has 8 nitrogen and oxygen atoms in total. The molecule has 10 heteroatoms. The number of halogens is 1. The van der Waals surface area contributed by atoms with Crippen LogP contribution in [0.2, 0.25) is 5.02 Å². The Balaban J connectivity index is 1.90. The molecule has 1 aliphatic heterocycles. The molecule has 3 rings (SSSR count). The number of benzene rings is 2. The summed E-state index contributed by atoms with van der Waals surface area (Å²) in [5.41, 5.74) is 5.31. The molecule has 0 unspecified atom stereocenters. The van der Waals surface area contributed by atoms with Gasteiger partial charge in [0.25, 0.3) is 5.91 Å². The number of fused-ring (bicyclic) bond motifs is 1. The van der Waals surface area contributed by atoms with Gasteiger partial charge in [0.2, 0.25) is 10.0 Å². The summed E-state index contributed by atoms with van der Waals surface area (Å²) in [7, 11) is -1.90. The van der Waals surface area contributed by atoms with Crippen molar-refractivity contribution in [3.8, 4) is 5.75 Å².